The highest BCUT2D eigenvalue weighted by atomic mass is 32.1. The minimum Gasteiger partial charge on any atom is -0.467 e. The molecule has 0 unspecified atom stereocenters. The van der Waals surface area contributed by atoms with Crippen LogP contribution in [0.1, 0.15) is 21.7 Å². The standard InChI is InChI=1S/C12H15N3O2S/c1-15(5-9-2-3-18-8-9)6-11-4-10(7-17-11)12(16)14-13/h2-4,7-8H,5-6,13H2,1H3,(H,14,16). The lowest BCUT2D eigenvalue weighted by Gasteiger charge is -2.13. The van der Waals surface area contributed by atoms with Crippen molar-refractivity contribution < 1.29 is 9.21 Å². The van der Waals surface area contributed by atoms with Gasteiger partial charge in [-0.3, -0.25) is 15.1 Å². The second-order valence-corrected chi connectivity index (χ2v) is 4.86. The van der Waals surface area contributed by atoms with E-state index in [2.05, 4.69) is 27.2 Å². The number of nitrogens with zero attached hydrogens (tertiary/aromatic N) is 1. The van der Waals surface area contributed by atoms with E-state index in [-0.39, 0.29) is 5.91 Å². The number of hydrogen-bond acceptors (Lipinski definition) is 5. The predicted molar refractivity (Wildman–Crippen MR) is 69.9 cm³/mol. The number of thiophene rings is 1. The molecule has 2 aromatic heterocycles. The molecule has 0 aliphatic heterocycles. The molecule has 0 radical (unpaired) electrons. The van der Waals surface area contributed by atoms with Gasteiger partial charge in [-0.2, -0.15) is 11.3 Å². The molecule has 3 N–H and O–H groups in total. The van der Waals surface area contributed by atoms with Crippen molar-refractivity contribution in [2.45, 2.75) is 13.1 Å². The minimum atomic E-state index is -0.342. The van der Waals surface area contributed by atoms with E-state index in [4.69, 9.17) is 10.3 Å². The zero-order valence-electron chi connectivity index (χ0n) is 10.1. The van der Waals surface area contributed by atoms with Crippen molar-refractivity contribution in [3.63, 3.8) is 0 Å². The number of nitrogens with two attached hydrogens (primary N) is 1. The third kappa shape index (κ3) is 3.19. The third-order valence-corrected chi connectivity index (χ3v) is 3.24. The van der Waals surface area contributed by atoms with E-state index in [1.54, 1.807) is 17.4 Å². The zero-order chi connectivity index (χ0) is 13.0. The lowest BCUT2D eigenvalue weighted by Crippen LogP contribution is -2.29. The van der Waals surface area contributed by atoms with Crippen molar-refractivity contribution >= 4 is 17.2 Å². The van der Waals surface area contributed by atoms with Crippen molar-refractivity contribution in [1.82, 2.24) is 10.3 Å². The van der Waals surface area contributed by atoms with Crippen molar-refractivity contribution in [2.24, 2.45) is 5.84 Å². The fourth-order valence-corrected chi connectivity index (χ4v) is 2.34. The van der Waals surface area contributed by atoms with Crippen molar-refractivity contribution in [2.75, 3.05) is 7.05 Å². The van der Waals surface area contributed by atoms with Crippen LogP contribution in [0, 0.1) is 0 Å². The molecule has 0 aliphatic carbocycles. The van der Waals surface area contributed by atoms with Crippen LogP contribution in [-0.2, 0) is 13.1 Å². The maximum absolute atomic E-state index is 11.3. The minimum absolute atomic E-state index is 0.342. The van der Waals surface area contributed by atoms with Crippen molar-refractivity contribution in [3.8, 4) is 0 Å². The number of carbonyl (C=O) groups excluding carboxylic acids is 1. The van der Waals surface area contributed by atoms with Crippen LogP contribution in [0.4, 0.5) is 0 Å². The SMILES string of the molecule is CN(Cc1ccsc1)Cc1cc(C(=O)NN)co1. The summed E-state index contributed by atoms with van der Waals surface area (Å²) in [5.74, 6) is 5.45. The van der Waals surface area contributed by atoms with E-state index >= 15 is 0 Å². The summed E-state index contributed by atoms with van der Waals surface area (Å²) in [6, 6.07) is 3.79. The number of amides is 1. The molecule has 0 aliphatic rings. The van der Waals surface area contributed by atoms with Gasteiger partial charge in [0, 0.05) is 6.54 Å². The Morgan fingerprint density at radius 3 is 3.06 bits per heavy atom. The van der Waals surface area contributed by atoms with Crippen LogP contribution in [0.15, 0.2) is 33.6 Å². The van der Waals surface area contributed by atoms with E-state index in [1.165, 1.54) is 11.8 Å². The molecular weight excluding hydrogens is 250 g/mol. The summed E-state index contributed by atoms with van der Waals surface area (Å²) >= 11 is 1.68. The van der Waals surface area contributed by atoms with Crippen LogP contribution in [0.5, 0.6) is 0 Å². The smallest absolute Gasteiger partial charge is 0.268 e. The number of carbonyl (C=O) groups is 1. The second-order valence-electron chi connectivity index (χ2n) is 4.08. The molecule has 0 fully saturated rings. The largest absolute Gasteiger partial charge is 0.467 e. The molecule has 0 bridgehead atoms. The number of furan rings is 1. The van der Waals surface area contributed by atoms with Gasteiger partial charge < -0.3 is 4.42 Å². The summed E-state index contributed by atoms with van der Waals surface area (Å²) in [5, 5.41) is 4.17. The molecule has 0 aromatic carbocycles. The number of nitrogen functional groups attached to an aromatic ring is 1. The van der Waals surface area contributed by atoms with E-state index < -0.39 is 0 Å². The summed E-state index contributed by atoms with van der Waals surface area (Å²) in [7, 11) is 2.00. The van der Waals surface area contributed by atoms with Gasteiger partial charge in [0.1, 0.15) is 12.0 Å². The average molecular weight is 265 g/mol. The van der Waals surface area contributed by atoms with Gasteiger partial charge in [-0.25, -0.2) is 5.84 Å². The van der Waals surface area contributed by atoms with E-state index in [1.807, 2.05) is 7.05 Å². The Labute approximate surface area is 109 Å². The Bertz CT molecular complexity index is 507. The van der Waals surface area contributed by atoms with Crippen LogP contribution in [0.3, 0.4) is 0 Å². The van der Waals surface area contributed by atoms with E-state index in [0.29, 0.717) is 12.1 Å². The van der Waals surface area contributed by atoms with Gasteiger partial charge in [0.25, 0.3) is 5.91 Å². The second kappa shape index (κ2) is 5.81. The van der Waals surface area contributed by atoms with Gasteiger partial charge in [-0.05, 0) is 35.5 Å². The summed E-state index contributed by atoms with van der Waals surface area (Å²) in [6.07, 6.45) is 1.41. The maximum Gasteiger partial charge on any atom is 0.268 e. The lowest BCUT2D eigenvalue weighted by atomic mass is 10.2. The highest BCUT2D eigenvalue weighted by Crippen LogP contribution is 2.13. The number of hydrazine groups is 1. The Kier molecular flexibility index (Phi) is 4.14. The fourth-order valence-electron chi connectivity index (χ4n) is 1.68. The monoisotopic (exact) mass is 265 g/mol. The van der Waals surface area contributed by atoms with Crippen molar-refractivity contribution in [3.05, 3.63) is 46.0 Å². The van der Waals surface area contributed by atoms with Crippen LogP contribution in [-0.4, -0.2) is 17.9 Å². The fraction of sp³-hybridized carbons (Fsp3) is 0.250. The highest BCUT2D eigenvalue weighted by molar-refractivity contribution is 7.07. The van der Waals surface area contributed by atoms with Gasteiger partial charge in [0.05, 0.1) is 12.1 Å². The van der Waals surface area contributed by atoms with Gasteiger partial charge in [-0.15, -0.1) is 0 Å². The maximum atomic E-state index is 11.3. The summed E-state index contributed by atoms with van der Waals surface area (Å²) < 4.78 is 5.32. The Morgan fingerprint density at radius 1 is 1.56 bits per heavy atom. The zero-order valence-corrected chi connectivity index (χ0v) is 10.9. The highest BCUT2D eigenvalue weighted by Gasteiger charge is 2.10. The van der Waals surface area contributed by atoms with E-state index in [9.17, 15) is 4.79 Å². The van der Waals surface area contributed by atoms with Crippen LogP contribution in [0.2, 0.25) is 0 Å². The molecule has 2 heterocycles. The summed E-state index contributed by atoms with van der Waals surface area (Å²) in [5.41, 5.74) is 3.79. The van der Waals surface area contributed by atoms with Crippen LogP contribution < -0.4 is 11.3 Å². The number of rotatable bonds is 5. The first-order chi connectivity index (χ1) is 8.69. The van der Waals surface area contributed by atoms with Gasteiger partial charge in [-0.1, -0.05) is 0 Å². The van der Waals surface area contributed by atoms with Crippen molar-refractivity contribution in [1.29, 1.82) is 0 Å². The number of nitrogens with one attached hydrogen (secondary N) is 1. The Hall–Kier alpha value is -1.63. The molecule has 5 nitrogen and oxygen atoms in total. The quantitative estimate of drug-likeness (QED) is 0.489. The topological polar surface area (TPSA) is 71.5 Å². The first kappa shape index (κ1) is 12.8. The molecule has 0 spiro atoms. The first-order valence-corrected chi connectivity index (χ1v) is 6.41. The molecule has 18 heavy (non-hydrogen) atoms. The Morgan fingerprint density at radius 2 is 2.39 bits per heavy atom. The summed E-state index contributed by atoms with van der Waals surface area (Å²) in [6.45, 7) is 1.50. The molecule has 0 atom stereocenters. The molecule has 2 aromatic rings. The normalized spacial score (nSPS) is 10.8. The van der Waals surface area contributed by atoms with Gasteiger partial charge in [0.15, 0.2) is 0 Å². The van der Waals surface area contributed by atoms with Crippen LogP contribution >= 0.6 is 11.3 Å². The molecule has 96 valence electrons. The van der Waals surface area contributed by atoms with E-state index in [0.717, 1.165) is 12.3 Å². The number of hydrogen-bond donors (Lipinski definition) is 2. The molecule has 0 saturated carbocycles. The van der Waals surface area contributed by atoms with Gasteiger partial charge in [0.2, 0.25) is 0 Å². The molecule has 0 saturated heterocycles. The predicted octanol–water partition coefficient (Wildman–Crippen LogP) is 1.58. The molecule has 1 amide bonds. The molecule has 2 rings (SSSR count). The lowest BCUT2D eigenvalue weighted by molar-refractivity contribution is 0.0953. The Balaban J connectivity index is 1.92. The summed E-state index contributed by atoms with van der Waals surface area (Å²) in [4.78, 5) is 13.4. The van der Waals surface area contributed by atoms with Gasteiger partial charge >= 0.3 is 0 Å². The van der Waals surface area contributed by atoms with Crippen LogP contribution in [0.25, 0.3) is 0 Å². The average Bonchev–Trinajstić information content (AvgIpc) is 2.99. The molecule has 6 heteroatoms. The first-order valence-electron chi connectivity index (χ1n) is 5.47. The molecular formula is C12H15N3O2S. The third-order valence-electron chi connectivity index (χ3n) is 2.51.